The number of hydrogen-bond acceptors (Lipinski definition) is 3. The van der Waals surface area contributed by atoms with E-state index < -0.39 is 10.0 Å². The normalized spacial score (nSPS) is 20.5. The molecule has 1 aliphatic heterocycles. The van der Waals surface area contributed by atoms with E-state index in [2.05, 4.69) is 21.2 Å². The lowest BCUT2D eigenvalue weighted by molar-refractivity contribution is 0.310. The standard InChI is InChI=1S/C11H13BrCl2N2O2S.ClH/c1-7-6-16(3-2-15-7)19(17,18)11-9(13)4-8(12)5-10(11)14;/h4-5,7,15H,2-3,6H2,1H3;1H/t7-;/m0./s1. The van der Waals surface area contributed by atoms with Gasteiger partial charge in [-0.1, -0.05) is 39.1 Å². The van der Waals surface area contributed by atoms with Crippen LogP contribution in [0.4, 0.5) is 0 Å². The first kappa shape index (κ1) is 18.5. The fraction of sp³-hybridized carbons (Fsp3) is 0.455. The second kappa shape index (κ2) is 7.13. The van der Waals surface area contributed by atoms with Gasteiger partial charge in [0.1, 0.15) is 4.90 Å². The SMILES string of the molecule is C[C@H]1CN(S(=O)(=O)c2c(Cl)cc(Br)cc2Cl)CCN1.Cl. The lowest BCUT2D eigenvalue weighted by Gasteiger charge is -2.31. The summed E-state index contributed by atoms with van der Waals surface area (Å²) in [6, 6.07) is 3.18. The first-order valence-corrected chi connectivity index (χ1v) is 8.69. The van der Waals surface area contributed by atoms with Crippen LogP contribution >= 0.6 is 51.5 Å². The van der Waals surface area contributed by atoms with Gasteiger partial charge in [-0.2, -0.15) is 4.31 Å². The lowest BCUT2D eigenvalue weighted by Crippen LogP contribution is -2.51. The van der Waals surface area contributed by atoms with Crippen molar-refractivity contribution in [2.24, 2.45) is 0 Å². The molecule has 1 heterocycles. The van der Waals surface area contributed by atoms with Crippen molar-refractivity contribution in [2.45, 2.75) is 17.9 Å². The molecule has 0 bridgehead atoms. The van der Waals surface area contributed by atoms with E-state index in [1.807, 2.05) is 6.92 Å². The van der Waals surface area contributed by atoms with E-state index in [0.29, 0.717) is 24.1 Å². The van der Waals surface area contributed by atoms with Gasteiger partial charge in [-0.05, 0) is 19.1 Å². The fourth-order valence-electron chi connectivity index (χ4n) is 2.02. The molecule has 1 saturated heterocycles. The van der Waals surface area contributed by atoms with Crippen LogP contribution in [0, 0.1) is 0 Å². The van der Waals surface area contributed by atoms with Crippen LogP contribution in [-0.2, 0) is 10.0 Å². The Bertz CT molecular complexity index is 574. The summed E-state index contributed by atoms with van der Waals surface area (Å²) in [5.74, 6) is 0. The van der Waals surface area contributed by atoms with Crippen molar-refractivity contribution < 1.29 is 8.42 Å². The summed E-state index contributed by atoms with van der Waals surface area (Å²) in [7, 11) is -3.66. The maximum Gasteiger partial charge on any atom is 0.246 e. The molecule has 20 heavy (non-hydrogen) atoms. The van der Waals surface area contributed by atoms with Gasteiger partial charge in [0.15, 0.2) is 0 Å². The number of nitrogens with zero attached hydrogens (tertiary/aromatic N) is 1. The molecule has 0 aliphatic carbocycles. The molecule has 0 unspecified atom stereocenters. The molecule has 0 saturated carbocycles. The Hall–Kier alpha value is 0.440. The minimum Gasteiger partial charge on any atom is -0.312 e. The van der Waals surface area contributed by atoms with Crippen LogP contribution in [0.3, 0.4) is 0 Å². The highest BCUT2D eigenvalue weighted by atomic mass is 79.9. The first-order chi connectivity index (χ1) is 8.82. The minimum absolute atomic E-state index is 0. The molecule has 1 aromatic carbocycles. The predicted molar refractivity (Wildman–Crippen MR) is 87.6 cm³/mol. The van der Waals surface area contributed by atoms with Crippen LogP contribution in [0.1, 0.15) is 6.92 Å². The van der Waals surface area contributed by atoms with Gasteiger partial charge in [0, 0.05) is 30.1 Å². The molecule has 114 valence electrons. The molecule has 1 aromatic rings. The molecule has 0 aromatic heterocycles. The van der Waals surface area contributed by atoms with E-state index >= 15 is 0 Å². The number of rotatable bonds is 2. The zero-order valence-electron chi connectivity index (χ0n) is 10.6. The van der Waals surface area contributed by atoms with Crippen LogP contribution < -0.4 is 5.32 Å². The summed E-state index contributed by atoms with van der Waals surface area (Å²) >= 11 is 15.3. The van der Waals surface area contributed by atoms with Gasteiger partial charge in [0.05, 0.1) is 10.0 Å². The third-order valence-corrected chi connectivity index (χ3v) is 6.14. The summed E-state index contributed by atoms with van der Waals surface area (Å²) in [5.41, 5.74) is 0. The maximum absolute atomic E-state index is 12.6. The summed E-state index contributed by atoms with van der Waals surface area (Å²) in [6.07, 6.45) is 0. The molecular weight excluding hydrogens is 410 g/mol. The second-order valence-corrected chi connectivity index (χ2v) is 8.02. The number of piperazine rings is 1. The molecular formula is C11H14BrCl3N2O2S. The molecule has 0 amide bonds. The van der Waals surface area contributed by atoms with E-state index in [9.17, 15) is 8.42 Å². The fourth-order valence-corrected chi connectivity index (χ4v) is 5.43. The maximum atomic E-state index is 12.6. The predicted octanol–water partition coefficient (Wildman–Crippen LogP) is 3.16. The zero-order valence-corrected chi connectivity index (χ0v) is 15.3. The number of sulfonamides is 1. The van der Waals surface area contributed by atoms with E-state index in [1.54, 1.807) is 0 Å². The highest BCUT2D eigenvalue weighted by molar-refractivity contribution is 9.10. The molecule has 0 spiro atoms. The number of benzene rings is 1. The molecule has 9 heteroatoms. The molecule has 1 atom stereocenters. The van der Waals surface area contributed by atoms with E-state index in [4.69, 9.17) is 23.2 Å². The van der Waals surface area contributed by atoms with Crippen molar-refractivity contribution in [3.8, 4) is 0 Å². The van der Waals surface area contributed by atoms with Crippen molar-refractivity contribution in [1.82, 2.24) is 9.62 Å². The van der Waals surface area contributed by atoms with Crippen molar-refractivity contribution in [3.05, 3.63) is 26.7 Å². The second-order valence-electron chi connectivity index (χ2n) is 4.42. The summed E-state index contributed by atoms with van der Waals surface area (Å²) in [4.78, 5) is -0.0202. The smallest absolute Gasteiger partial charge is 0.246 e. The zero-order chi connectivity index (χ0) is 14.2. The monoisotopic (exact) mass is 422 g/mol. The van der Waals surface area contributed by atoms with E-state index in [1.165, 1.54) is 16.4 Å². The quantitative estimate of drug-likeness (QED) is 0.794. The average molecular weight is 425 g/mol. The van der Waals surface area contributed by atoms with Crippen LogP contribution in [0.2, 0.25) is 10.0 Å². The Morgan fingerprint density at radius 2 is 1.90 bits per heavy atom. The van der Waals surface area contributed by atoms with Crippen molar-refractivity contribution in [2.75, 3.05) is 19.6 Å². The van der Waals surface area contributed by atoms with Crippen LogP contribution in [0.5, 0.6) is 0 Å². The molecule has 1 fully saturated rings. The largest absolute Gasteiger partial charge is 0.312 e. The summed E-state index contributed by atoms with van der Waals surface area (Å²) < 4.78 is 27.3. The molecule has 1 aliphatic rings. The molecule has 4 nitrogen and oxygen atoms in total. The average Bonchev–Trinajstić information content (AvgIpc) is 2.26. The highest BCUT2D eigenvalue weighted by Crippen LogP contribution is 2.34. The number of halogens is 4. The van der Waals surface area contributed by atoms with Gasteiger partial charge in [-0.3, -0.25) is 0 Å². The van der Waals surface area contributed by atoms with Gasteiger partial charge in [-0.25, -0.2) is 8.42 Å². The Kier molecular flexibility index (Phi) is 6.59. The molecule has 0 radical (unpaired) electrons. The number of hydrogen-bond donors (Lipinski definition) is 1. The lowest BCUT2D eigenvalue weighted by atomic mass is 10.3. The van der Waals surface area contributed by atoms with Crippen LogP contribution in [-0.4, -0.2) is 38.4 Å². The van der Waals surface area contributed by atoms with Gasteiger partial charge >= 0.3 is 0 Å². The van der Waals surface area contributed by atoms with Gasteiger partial charge < -0.3 is 5.32 Å². The van der Waals surface area contributed by atoms with Gasteiger partial charge in [0.2, 0.25) is 10.0 Å². The Balaban J connectivity index is 0.00000200. The minimum atomic E-state index is -3.66. The number of nitrogens with one attached hydrogen (secondary N) is 1. The molecule has 2 rings (SSSR count). The topological polar surface area (TPSA) is 49.4 Å². The highest BCUT2D eigenvalue weighted by Gasteiger charge is 2.32. The van der Waals surface area contributed by atoms with E-state index in [0.717, 1.165) is 0 Å². The van der Waals surface area contributed by atoms with Crippen molar-refractivity contribution in [1.29, 1.82) is 0 Å². The first-order valence-electron chi connectivity index (χ1n) is 5.70. The van der Waals surface area contributed by atoms with Gasteiger partial charge in [0.25, 0.3) is 0 Å². The summed E-state index contributed by atoms with van der Waals surface area (Å²) in [6.45, 7) is 3.37. The third-order valence-electron chi connectivity index (χ3n) is 2.89. The van der Waals surface area contributed by atoms with E-state index in [-0.39, 0.29) is 33.4 Å². The third kappa shape index (κ3) is 3.80. The Morgan fingerprint density at radius 1 is 1.35 bits per heavy atom. The van der Waals surface area contributed by atoms with Gasteiger partial charge in [-0.15, -0.1) is 12.4 Å². The van der Waals surface area contributed by atoms with Crippen LogP contribution in [0.15, 0.2) is 21.5 Å². The van der Waals surface area contributed by atoms with Crippen molar-refractivity contribution >= 4 is 61.6 Å². The van der Waals surface area contributed by atoms with Crippen molar-refractivity contribution in [3.63, 3.8) is 0 Å². The Labute approximate surface area is 143 Å². The summed E-state index contributed by atoms with van der Waals surface area (Å²) in [5, 5.41) is 3.45. The van der Waals surface area contributed by atoms with Crippen LogP contribution in [0.25, 0.3) is 0 Å². The molecule has 1 N–H and O–H groups in total. The Morgan fingerprint density at radius 3 is 2.40 bits per heavy atom.